The van der Waals surface area contributed by atoms with Gasteiger partial charge in [-0.05, 0) is 38.0 Å². The van der Waals surface area contributed by atoms with Crippen LogP contribution in [0.5, 0.6) is 0 Å². The molecule has 1 aliphatic carbocycles. The third-order valence-corrected chi connectivity index (χ3v) is 3.51. The molecule has 0 bridgehead atoms. The number of Topliss-reactive ketones (excluding diaryl/α,β-unsaturated/α-hetero) is 1. The van der Waals surface area contributed by atoms with Crippen molar-refractivity contribution in [1.82, 2.24) is 0 Å². The standard InChI is InChI=1S/C15H18N2O/c1-11(18)12-7-8-13(10-16)15(9-12)17-14-5-3-2-4-6-14/h7-9,14,17H,2-6H2,1H3. The number of rotatable bonds is 3. The van der Waals surface area contributed by atoms with E-state index in [1.165, 1.54) is 19.3 Å². The van der Waals surface area contributed by atoms with E-state index < -0.39 is 0 Å². The third kappa shape index (κ3) is 2.89. The van der Waals surface area contributed by atoms with Crippen molar-refractivity contribution in [3.63, 3.8) is 0 Å². The molecule has 0 radical (unpaired) electrons. The lowest BCUT2D eigenvalue weighted by atomic mass is 9.95. The van der Waals surface area contributed by atoms with Crippen LogP contribution in [0.2, 0.25) is 0 Å². The van der Waals surface area contributed by atoms with Crippen LogP contribution in [0.25, 0.3) is 0 Å². The van der Waals surface area contributed by atoms with Gasteiger partial charge in [-0.15, -0.1) is 0 Å². The monoisotopic (exact) mass is 242 g/mol. The molecule has 1 aromatic carbocycles. The Bertz CT molecular complexity index is 482. The number of hydrogen-bond donors (Lipinski definition) is 1. The summed E-state index contributed by atoms with van der Waals surface area (Å²) in [6.45, 7) is 1.55. The molecule has 1 aliphatic rings. The van der Waals surface area contributed by atoms with Crippen LogP contribution in [0.3, 0.4) is 0 Å². The number of nitrogens with one attached hydrogen (secondary N) is 1. The molecule has 1 saturated carbocycles. The summed E-state index contributed by atoms with van der Waals surface area (Å²) in [6, 6.07) is 7.86. The molecule has 94 valence electrons. The van der Waals surface area contributed by atoms with Gasteiger partial charge in [-0.3, -0.25) is 4.79 Å². The van der Waals surface area contributed by atoms with Crippen molar-refractivity contribution >= 4 is 11.5 Å². The quantitative estimate of drug-likeness (QED) is 0.825. The average molecular weight is 242 g/mol. The van der Waals surface area contributed by atoms with Gasteiger partial charge in [0.05, 0.1) is 11.3 Å². The second kappa shape index (κ2) is 5.68. The van der Waals surface area contributed by atoms with E-state index in [0.717, 1.165) is 18.5 Å². The van der Waals surface area contributed by atoms with Crippen molar-refractivity contribution < 1.29 is 4.79 Å². The van der Waals surface area contributed by atoms with E-state index in [9.17, 15) is 4.79 Å². The summed E-state index contributed by atoms with van der Waals surface area (Å²) < 4.78 is 0. The highest BCUT2D eigenvalue weighted by atomic mass is 16.1. The Balaban J connectivity index is 2.21. The summed E-state index contributed by atoms with van der Waals surface area (Å²) >= 11 is 0. The molecule has 3 nitrogen and oxygen atoms in total. The topological polar surface area (TPSA) is 52.9 Å². The largest absolute Gasteiger partial charge is 0.381 e. The number of hydrogen-bond acceptors (Lipinski definition) is 3. The summed E-state index contributed by atoms with van der Waals surface area (Å²) in [4.78, 5) is 11.4. The molecule has 0 spiro atoms. The fourth-order valence-corrected chi connectivity index (χ4v) is 2.45. The van der Waals surface area contributed by atoms with Gasteiger partial charge >= 0.3 is 0 Å². The van der Waals surface area contributed by atoms with Crippen LogP contribution in [0.15, 0.2) is 18.2 Å². The fraction of sp³-hybridized carbons (Fsp3) is 0.467. The summed E-state index contributed by atoms with van der Waals surface area (Å²) in [7, 11) is 0. The van der Waals surface area contributed by atoms with Crippen LogP contribution in [-0.4, -0.2) is 11.8 Å². The molecular formula is C15H18N2O. The minimum absolute atomic E-state index is 0.0335. The second-order valence-electron chi connectivity index (χ2n) is 4.91. The van der Waals surface area contributed by atoms with Crippen LogP contribution in [0.4, 0.5) is 5.69 Å². The summed E-state index contributed by atoms with van der Waals surface area (Å²) in [6.07, 6.45) is 6.08. The lowest BCUT2D eigenvalue weighted by Crippen LogP contribution is -2.22. The SMILES string of the molecule is CC(=O)c1ccc(C#N)c(NC2CCCCC2)c1. The molecule has 1 N–H and O–H groups in total. The van der Waals surface area contributed by atoms with Gasteiger partial charge in [0.25, 0.3) is 0 Å². The lowest BCUT2D eigenvalue weighted by molar-refractivity contribution is 0.101. The van der Waals surface area contributed by atoms with Crippen molar-refractivity contribution in [3.8, 4) is 6.07 Å². The number of anilines is 1. The van der Waals surface area contributed by atoms with Crippen molar-refractivity contribution in [3.05, 3.63) is 29.3 Å². The summed E-state index contributed by atoms with van der Waals surface area (Å²) in [5.41, 5.74) is 2.08. The Labute approximate surface area is 108 Å². The van der Waals surface area contributed by atoms with Gasteiger partial charge in [-0.25, -0.2) is 0 Å². The molecular weight excluding hydrogens is 224 g/mol. The molecule has 0 aliphatic heterocycles. The maximum absolute atomic E-state index is 11.4. The van der Waals surface area contributed by atoms with Gasteiger partial charge in [0, 0.05) is 11.6 Å². The van der Waals surface area contributed by atoms with E-state index in [1.54, 1.807) is 25.1 Å². The number of benzene rings is 1. The minimum Gasteiger partial charge on any atom is -0.381 e. The normalized spacial score (nSPS) is 16.0. The van der Waals surface area contributed by atoms with Crippen LogP contribution in [0.1, 0.15) is 54.9 Å². The van der Waals surface area contributed by atoms with E-state index in [1.807, 2.05) is 0 Å². The number of nitriles is 1. The van der Waals surface area contributed by atoms with Gasteiger partial charge < -0.3 is 5.32 Å². The molecule has 1 fully saturated rings. The van der Waals surface area contributed by atoms with Crippen molar-refractivity contribution in [1.29, 1.82) is 5.26 Å². The van der Waals surface area contributed by atoms with Gasteiger partial charge in [-0.2, -0.15) is 5.26 Å². The Morgan fingerprint density at radius 3 is 2.67 bits per heavy atom. The first-order chi connectivity index (χ1) is 8.70. The first-order valence-corrected chi connectivity index (χ1v) is 6.52. The Morgan fingerprint density at radius 1 is 1.33 bits per heavy atom. The zero-order valence-electron chi connectivity index (χ0n) is 10.7. The molecule has 18 heavy (non-hydrogen) atoms. The fourth-order valence-electron chi connectivity index (χ4n) is 2.45. The van der Waals surface area contributed by atoms with E-state index in [-0.39, 0.29) is 5.78 Å². The highest BCUT2D eigenvalue weighted by Crippen LogP contribution is 2.24. The third-order valence-electron chi connectivity index (χ3n) is 3.51. The van der Waals surface area contributed by atoms with Crippen molar-refractivity contribution in [2.75, 3.05) is 5.32 Å². The first-order valence-electron chi connectivity index (χ1n) is 6.52. The maximum Gasteiger partial charge on any atom is 0.159 e. The molecule has 1 aromatic rings. The first kappa shape index (κ1) is 12.6. The predicted octanol–water partition coefficient (Wildman–Crippen LogP) is 3.51. The van der Waals surface area contributed by atoms with E-state index in [0.29, 0.717) is 17.2 Å². The second-order valence-corrected chi connectivity index (χ2v) is 4.91. The summed E-state index contributed by atoms with van der Waals surface area (Å²) in [5, 5.41) is 12.5. The van der Waals surface area contributed by atoms with Crippen LogP contribution in [0, 0.1) is 11.3 Å². The van der Waals surface area contributed by atoms with Crippen LogP contribution < -0.4 is 5.32 Å². The Morgan fingerprint density at radius 2 is 2.06 bits per heavy atom. The van der Waals surface area contributed by atoms with Crippen molar-refractivity contribution in [2.45, 2.75) is 45.1 Å². The van der Waals surface area contributed by atoms with Gasteiger partial charge in [0.15, 0.2) is 5.78 Å². The summed E-state index contributed by atoms with van der Waals surface area (Å²) in [5.74, 6) is 0.0335. The number of carbonyl (C=O) groups excluding carboxylic acids is 1. The average Bonchev–Trinajstić information content (AvgIpc) is 2.39. The van der Waals surface area contributed by atoms with Gasteiger partial charge in [0.1, 0.15) is 6.07 Å². The van der Waals surface area contributed by atoms with Crippen LogP contribution >= 0.6 is 0 Å². The highest BCUT2D eigenvalue weighted by molar-refractivity contribution is 5.95. The molecule has 0 heterocycles. The molecule has 0 atom stereocenters. The molecule has 0 amide bonds. The molecule has 2 rings (SSSR count). The molecule has 3 heteroatoms. The number of ketones is 1. The zero-order valence-corrected chi connectivity index (χ0v) is 10.7. The van der Waals surface area contributed by atoms with Gasteiger partial charge in [0.2, 0.25) is 0 Å². The van der Waals surface area contributed by atoms with E-state index in [2.05, 4.69) is 11.4 Å². The minimum atomic E-state index is 0.0335. The van der Waals surface area contributed by atoms with Crippen LogP contribution in [-0.2, 0) is 0 Å². The van der Waals surface area contributed by atoms with E-state index >= 15 is 0 Å². The Kier molecular flexibility index (Phi) is 3.99. The van der Waals surface area contributed by atoms with Gasteiger partial charge in [-0.1, -0.05) is 19.3 Å². The lowest BCUT2D eigenvalue weighted by Gasteiger charge is -2.24. The maximum atomic E-state index is 11.4. The van der Waals surface area contributed by atoms with Crippen molar-refractivity contribution in [2.24, 2.45) is 0 Å². The smallest absolute Gasteiger partial charge is 0.159 e. The number of nitrogens with zero attached hydrogens (tertiary/aromatic N) is 1. The molecule has 0 unspecified atom stereocenters. The highest BCUT2D eigenvalue weighted by Gasteiger charge is 2.15. The zero-order chi connectivity index (χ0) is 13.0. The Hall–Kier alpha value is -1.82. The number of carbonyl (C=O) groups is 1. The predicted molar refractivity (Wildman–Crippen MR) is 71.7 cm³/mol. The molecule has 0 saturated heterocycles. The van der Waals surface area contributed by atoms with E-state index in [4.69, 9.17) is 5.26 Å². The molecule has 0 aromatic heterocycles.